The third-order valence-electron chi connectivity index (χ3n) is 4.84. The summed E-state index contributed by atoms with van der Waals surface area (Å²) < 4.78 is 27.0. The third-order valence-corrected chi connectivity index (χ3v) is 6.37. The van der Waals surface area contributed by atoms with Crippen LogP contribution in [0.4, 0.5) is 0 Å². The van der Waals surface area contributed by atoms with Crippen molar-refractivity contribution in [3.63, 3.8) is 0 Å². The van der Waals surface area contributed by atoms with Gasteiger partial charge in [0.15, 0.2) is 0 Å². The van der Waals surface area contributed by atoms with Crippen molar-refractivity contribution in [3.05, 3.63) is 35.2 Å². The lowest BCUT2D eigenvalue weighted by Crippen LogP contribution is -2.40. The zero-order valence-electron chi connectivity index (χ0n) is 13.1. The Morgan fingerprint density at radius 1 is 1.29 bits per heavy atom. The third kappa shape index (κ3) is 2.58. The quantitative estimate of drug-likeness (QED) is 0.795. The van der Waals surface area contributed by atoms with Crippen LogP contribution in [0, 0.1) is 5.92 Å². The summed E-state index contributed by atoms with van der Waals surface area (Å²) in [6.07, 6.45) is 5.38. The van der Waals surface area contributed by atoms with Gasteiger partial charge in [0.1, 0.15) is 11.3 Å². The number of hydrogen-bond donors (Lipinski definition) is 0. The lowest BCUT2D eigenvalue weighted by atomic mass is 10.1. The fraction of sp³-hybridized carbons (Fsp3) is 0.467. The molecule has 0 unspecified atom stereocenters. The minimum absolute atomic E-state index is 0.115. The minimum Gasteiger partial charge on any atom is -0.335 e. The van der Waals surface area contributed by atoms with Crippen molar-refractivity contribution in [3.8, 4) is 0 Å². The van der Waals surface area contributed by atoms with E-state index in [1.165, 1.54) is 10.6 Å². The summed E-state index contributed by atoms with van der Waals surface area (Å²) in [7, 11) is -3.23. The van der Waals surface area contributed by atoms with Crippen LogP contribution in [0.2, 0.25) is 5.02 Å². The molecule has 2 aliphatic heterocycles. The Morgan fingerprint density at radius 2 is 2.08 bits per heavy atom. The van der Waals surface area contributed by atoms with E-state index in [1.54, 1.807) is 33.8 Å². The highest BCUT2D eigenvalue weighted by atomic mass is 35.5. The van der Waals surface area contributed by atoms with Crippen LogP contribution in [0.1, 0.15) is 16.9 Å². The van der Waals surface area contributed by atoms with Gasteiger partial charge in [-0.15, -0.1) is 0 Å². The topological polar surface area (TPSA) is 75.0 Å². The van der Waals surface area contributed by atoms with E-state index in [4.69, 9.17) is 11.6 Å². The molecule has 2 atom stereocenters. The Hall–Kier alpha value is -1.64. The maximum absolute atomic E-state index is 12.7. The molecule has 0 aliphatic carbocycles. The van der Waals surface area contributed by atoms with Crippen molar-refractivity contribution in [2.75, 3.05) is 25.9 Å². The monoisotopic (exact) mass is 368 g/mol. The van der Waals surface area contributed by atoms with Crippen LogP contribution in [-0.4, -0.2) is 64.8 Å². The second-order valence-electron chi connectivity index (χ2n) is 6.44. The van der Waals surface area contributed by atoms with Gasteiger partial charge in [0, 0.05) is 38.1 Å². The molecule has 0 spiro atoms. The van der Waals surface area contributed by atoms with Gasteiger partial charge in [-0.25, -0.2) is 13.4 Å². The molecule has 24 heavy (non-hydrogen) atoms. The zero-order valence-corrected chi connectivity index (χ0v) is 14.7. The first-order valence-electron chi connectivity index (χ1n) is 7.73. The highest BCUT2D eigenvalue weighted by Crippen LogP contribution is 2.33. The first-order valence-corrected chi connectivity index (χ1v) is 9.96. The Morgan fingerprint density at radius 3 is 2.83 bits per heavy atom. The number of sulfonamides is 1. The molecule has 4 rings (SSSR count). The van der Waals surface area contributed by atoms with Crippen LogP contribution in [0.5, 0.6) is 0 Å². The number of nitrogens with zero attached hydrogens (tertiary/aromatic N) is 4. The normalized spacial score (nSPS) is 24.7. The van der Waals surface area contributed by atoms with Crippen LogP contribution in [-0.2, 0) is 10.0 Å². The molecule has 2 fully saturated rings. The Labute approximate surface area is 144 Å². The smallest absolute Gasteiger partial charge is 0.274 e. The summed E-state index contributed by atoms with van der Waals surface area (Å²) in [5.74, 6) is 0.0350. The molecule has 1 amide bonds. The minimum atomic E-state index is -3.23. The van der Waals surface area contributed by atoms with E-state index < -0.39 is 10.0 Å². The molecule has 0 N–H and O–H groups in total. The Bertz CT molecular complexity index is 926. The van der Waals surface area contributed by atoms with Crippen LogP contribution in [0.25, 0.3) is 5.65 Å². The molecule has 9 heteroatoms. The van der Waals surface area contributed by atoms with E-state index in [0.29, 0.717) is 36.0 Å². The Balaban J connectivity index is 1.57. The SMILES string of the molecule is CS(=O)(=O)N1CC[C@@H]2CN(C(=O)c3cn4cc(Cl)ccc4n3)C[C@@H]21. The molecule has 2 aliphatic rings. The number of likely N-dealkylation sites (tertiary alicyclic amines) is 1. The summed E-state index contributed by atoms with van der Waals surface area (Å²) in [6.45, 7) is 1.54. The summed E-state index contributed by atoms with van der Waals surface area (Å²) in [6, 6.07) is 3.36. The van der Waals surface area contributed by atoms with Crippen LogP contribution >= 0.6 is 11.6 Å². The number of halogens is 1. The number of rotatable bonds is 2. The number of hydrogen-bond acceptors (Lipinski definition) is 4. The van der Waals surface area contributed by atoms with Gasteiger partial charge in [0.25, 0.3) is 5.91 Å². The average Bonchev–Trinajstić information content (AvgIpc) is 3.17. The average molecular weight is 369 g/mol. The number of amides is 1. The van der Waals surface area contributed by atoms with Gasteiger partial charge in [0.05, 0.1) is 11.3 Å². The number of imidazole rings is 1. The van der Waals surface area contributed by atoms with Gasteiger partial charge >= 0.3 is 0 Å². The largest absolute Gasteiger partial charge is 0.335 e. The molecule has 0 aromatic carbocycles. The van der Waals surface area contributed by atoms with E-state index >= 15 is 0 Å². The van der Waals surface area contributed by atoms with Gasteiger partial charge in [-0.3, -0.25) is 4.79 Å². The number of carbonyl (C=O) groups is 1. The number of fused-ring (bicyclic) bond motifs is 2. The van der Waals surface area contributed by atoms with Gasteiger partial charge in [-0.05, 0) is 24.5 Å². The molecule has 2 saturated heterocycles. The predicted molar refractivity (Wildman–Crippen MR) is 89.6 cm³/mol. The number of pyridine rings is 1. The van der Waals surface area contributed by atoms with Crippen molar-refractivity contribution in [2.24, 2.45) is 5.92 Å². The summed E-state index contributed by atoms with van der Waals surface area (Å²) in [4.78, 5) is 18.8. The number of aromatic nitrogens is 2. The maximum atomic E-state index is 12.7. The van der Waals surface area contributed by atoms with E-state index in [-0.39, 0.29) is 17.9 Å². The lowest BCUT2D eigenvalue weighted by Gasteiger charge is -2.22. The van der Waals surface area contributed by atoms with Gasteiger partial charge in [-0.1, -0.05) is 11.6 Å². The van der Waals surface area contributed by atoms with Crippen molar-refractivity contribution < 1.29 is 13.2 Å². The second-order valence-corrected chi connectivity index (χ2v) is 8.81. The van der Waals surface area contributed by atoms with Crippen LogP contribution < -0.4 is 0 Å². The molecule has 128 valence electrons. The van der Waals surface area contributed by atoms with Crippen molar-refractivity contribution >= 4 is 33.2 Å². The van der Waals surface area contributed by atoms with Crippen molar-refractivity contribution in [2.45, 2.75) is 12.5 Å². The molecule has 0 bridgehead atoms. The van der Waals surface area contributed by atoms with Crippen molar-refractivity contribution in [1.29, 1.82) is 0 Å². The Kier molecular flexibility index (Phi) is 3.59. The van der Waals surface area contributed by atoms with E-state index in [9.17, 15) is 13.2 Å². The summed E-state index contributed by atoms with van der Waals surface area (Å²) >= 11 is 5.95. The molecule has 0 saturated carbocycles. The molecular weight excluding hydrogens is 352 g/mol. The molecule has 2 aromatic heterocycles. The molecule has 4 heterocycles. The highest BCUT2D eigenvalue weighted by molar-refractivity contribution is 7.88. The van der Waals surface area contributed by atoms with Crippen LogP contribution in [0.15, 0.2) is 24.5 Å². The van der Waals surface area contributed by atoms with E-state index in [0.717, 1.165) is 6.42 Å². The molecule has 2 aromatic rings. The van der Waals surface area contributed by atoms with E-state index in [2.05, 4.69) is 4.98 Å². The van der Waals surface area contributed by atoms with Crippen LogP contribution in [0.3, 0.4) is 0 Å². The van der Waals surface area contributed by atoms with E-state index in [1.807, 2.05) is 0 Å². The fourth-order valence-corrected chi connectivity index (χ4v) is 5.07. The molecule has 0 radical (unpaired) electrons. The first kappa shape index (κ1) is 15.9. The first-order chi connectivity index (χ1) is 11.3. The van der Waals surface area contributed by atoms with Gasteiger partial charge in [0.2, 0.25) is 10.0 Å². The van der Waals surface area contributed by atoms with Gasteiger partial charge in [-0.2, -0.15) is 4.31 Å². The summed E-state index contributed by atoms with van der Waals surface area (Å²) in [5, 5.41) is 0.568. The second kappa shape index (κ2) is 5.44. The highest BCUT2D eigenvalue weighted by Gasteiger charge is 2.46. The van der Waals surface area contributed by atoms with Gasteiger partial charge < -0.3 is 9.30 Å². The zero-order chi connectivity index (χ0) is 17.1. The fourth-order valence-electron chi connectivity index (χ4n) is 3.73. The number of carbonyl (C=O) groups excluding carboxylic acids is 1. The predicted octanol–water partition coefficient (Wildman–Crippen LogP) is 1.09. The summed E-state index contributed by atoms with van der Waals surface area (Å²) in [5.41, 5.74) is 1.00. The van der Waals surface area contributed by atoms with Crippen molar-refractivity contribution in [1.82, 2.24) is 18.6 Å². The lowest BCUT2D eigenvalue weighted by molar-refractivity contribution is 0.0773. The molecule has 7 nitrogen and oxygen atoms in total. The standard InChI is InChI=1S/C15H17ClN4O3S/c1-24(22,23)20-5-4-10-6-19(9-13(10)20)15(21)12-8-18-7-11(16)2-3-14(18)17-12/h2-3,7-8,10,13H,4-6,9H2,1H3/t10-,13+/m1/s1. The molecular formula is C15H17ClN4O3S. The maximum Gasteiger partial charge on any atom is 0.274 e.